The van der Waals surface area contributed by atoms with Gasteiger partial charge in [-0.25, -0.2) is 8.42 Å². The van der Waals surface area contributed by atoms with Crippen LogP contribution in [0.15, 0.2) is 120 Å². The third-order valence-electron chi connectivity index (χ3n) is 5.53. The summed E-state index contributed by atoms with van der Waals surface area (Å²) >= 11 is 0. The van der Waals surface area contributed by atoms with Gasteiger partial charge in [-0.1, -0.05) is 84.9 Å². The van der Waals surface area contributed by atoms with E-state index in [-0.39, 0.29) is 4.90 Å². The number of hydrogen-bond acceptors (Lipinski definition) is 4. The van der Waals surface area contributed by atoms with Gasteiger partial charge in [-0.2, -0.15) is 0 Å². The molecule has 0 radical (unpaired) electrons. The third-order valence-corrected chi connectivity index (χ3v) is 7.32. The molecule has 0 spiro atoms. The molecule has 0 aliphatic carbocycles. The van der Waals surface area contributed by atoms with Gasteiger partial charge in [0.25, 0.3) is 10.0 Å². The lowest BCUT2D eigenvalue weighted by molar-refractivity contribution is -0.120. The summed E-state index contributed by atoms with van der Waals surface area (Å²) in [6.45, 7) is -0.402. The van der Waals surface area contributed by atoms with Gasteiger partial charge >= 0.3 is 0 Å². The predicted octanol–water partition coefficient (Wildman–Crippen LogP) is 4.80. The van der Waals surface area contributed by atoms with Crippen LogP contribution in [-0.4, -0.2) is 28.0 Å². The summed E-state index contributed by atoms with van der Waals surface area (Å²) in [5.41, 5.74) is 2.12. The van der Waals surface area contributed by atoms with Crippen molar-refractivity contribution in [2.24, 2.45) is 0 Å². The van der Waals surface area contributed by atoms with E-state index in [0.717, 1.165) is 15.4 Å². The SMILES string of the molecule is COc1cccc(N(CC(=O)NC(c2ccccc2)c2ccccc2)S(=O)(=O)c2ccccc2)c1. The Hall–Kier alpha value is -4.10. The normalized spacial score (nSPS) is 11.1. The van der Waals surface area contributed by atoms with E-state index in [1.54, 1.807) is 42.5 Å². The molecule has 6 nitrogen and oxygen atoms in total. The van der Waals surface area contributed by atoms with Gasteiger partial charge in [0.05, 0.1) is 23.7 Å². The summed E-state index contributed by atoms with van der Waals surface area (Å²) in [6, 6.07) is 33.4. The maximum absolute atomic E-state index is 13.6. The molecule has 4 rings (SSSR count). The van der Waals surface area contributed by atoms with E-state index < -0.39 is 28.5 Å². The first kappa shape index (κ1) is 24.0. The average molecular weight is 487 g/mol. The molecule has 1 amide bonds. The van der Waals surface area contributed by atoms with Gasteiger partial charge in [0, 0.05) is 6.07 Å². The Balaban J connectivity index is 1.68. The first-order valence-corrected chi connectivity index (χ1v) is 12.5. The van der Waals surface area contributed by atoms with Gasteiger partial charge in [0.2, 0.25) is 5.91 Å². The number of amides is 1. The fourth-order valence-electron chi connectivity index (χ4n) is 3.79. The second-order valence-electron chi connectivity index (χ2n) is 7.85. The van der Waals surface area contributed by atoms with Crippen LogP contribution in [0.2, 0.25) is 0 Å². The lowest BCUT2D eigenvalue weighted by Crippen LogP contribution is -2.42. The molecule has 0 saturated heterocycles. The smallest absolute Gasteiger partial charge is 0.264 e. The maximum atomic E-state index is 13.6. The number of nitrogens with zero attached hydrogens (tertiary/aromatic N) is 1. The summed E-state index contributed by atoms with van der Waals surface area (Å²) in [5.74, 6) is 0.0487. The number of anilines is 1. The van der Waals surface area contributed by atoms with Crippen molar-refractivity contribution in [3.63, 3.8) is 0 Å². The molecule has 4 aromatic rings. The first-order chi connectivity index (χ1) is 17.0. The van der Waals surface area contributed by atoms with Crippen LogP contribution in [0, 0.1) is 0 Å². The number of ether oxygens (including phenoxy) is 1. The number of nitrogens with one attached hydrogen (secondary N) is 1. The number of carbonyl (C=O) groups excluding carboxylic acids is 1. The molecule has 0 saturated carbocycles. The largest absolute Gasteiger partial charge is 0.497 e. The van der Waals surface area contributed by atoms with Crippen LogP contribution in [0.25, 0.3) is 0 Å². The number of hydrogen-bond donors (Lipinski definition) is 1. The lowest BCUT2D eigenvalue weighted by atomic mass is 9.99. The Labute approximate surface area is 205 Å². The predicted molar refractivity (Wildman–Crippen MR) is 137 cm³/mol. The van der Waals surface area contributed by atoms with Gasteiger partial charge in [-0.3, -0.25) is 9.10 Å². The quantitative estimate of drug-likeness (QED) is 0.369. The Morgan fingerprint density at radius 2 is 1.34 bits per heavy atom. The highest BCUT2D eigenvalue weighted by atomic mass is 32.2. The molecular formula is C28H26N2O4S. The topological polar surface area (TPSA) is 75.7 Å². The minimum absolute atomic E-state index is 0.0956. The Morgan fingerprint density at radius 1 is 0.800 bits per heavy atom. The highest BCUT2D eigenvalue weighted by Crippen LogP contribution is 2.27. The third kappa shape index (κ3) is 5.70. The van der Waals surface area contributed by atoms with Crippen LogP contribution in [0.1, 0.15) is 17.2 Å². The second kappa shape index (κ2) is 10.9. The van der Waals surface area contributed by atoms with Gasteiger partial charge in [-0.15, -0.1) is 0 Å². The fraction of sp³-hybridized carbons (Fsp3) is 0.107. The van der Waals surface area contributed by atoms with Crippen LogP contribution in [0.3, 0.4) is 0 Å². The molecule has 178 valence electrons. The van der Waals surface area contributed by atoms with E-state index in [9.17, 15) is 13.2 Å². The number of sulfonamides is 1. The summed E-state index contributed by atoms with van der Waals surface area (Å²) < 4.78 is 33.6. The summed E-state index contributed by atoms with van der Waals surface area (Å²) in [5, 5.41) is 3.03. The number of benzene rings is 4. The average Bonchev–Trinajstić information content (AvgIpc) is 2.92. The van der Waals surface area contributed by atoms with Crippen LogP contribution in [-0.2, 0) is 14.8 Å². The number of rotatable bonds is 9. The Bertz CT molecular complexity index is 1320. The van der Waals surface area contributed by atoms with Gasteiger partial charge < -0.3 is 10.1 Å². The molecule has 0 heterocycles. The van der Waals surface area contributed by atoms with Crippen molar-refractivity contribution in [2.75, 3.05) is 18.0 Å². The van der Waals surface area contributed by atoms with Crippen molar-refractivity contribution in [3.05, 3.63) is 126 Å². The highest BCUT2D eigenvalue weighted by molar-refractivity contribution is 7.92. The molecular weight excluding hydrogens is 460 g/mol. The van der Waals surface area contributed by atoms with Crippen LogP contribution >= 0.6 is 0 Å². The van der Waals surface area contributed by atoms with E-state index in [4.69, 9.17) is 4.74 Å². The minimum atomic E-state index is -4.02. The van der Waals surface area contributed by atoms with Gasteiger partial charge in [-0.05, 0) is 35.4 Å². The van der Waals surface area contributed by atoms with Crippen LogP contribution in [0.4, 0.5) is 5.69 Å². The van der Waals surface area contributed by atoms with Crippen molar-refractivity contribution in [2.45, 2.75) is 10.9 Å². The first-order valence-electron chi connectivity index (χ1n) is 11.1. The van der Waals surface area contributed by atoms with Crippen molar-refractivity contribution in [3.8, 4) is 5.75 Å². The molecule has 0 aliphatic rings. The monoisotopic (exact) mass is 486 g/mol. The zero-order valence-electron chi connectivity index (χ0n) is 19.2. The highest BCUT2D eigenvalue weighted by Gasteiger charge is 2.28. The zero-order valence-corrected chi connectivity index (χ0v) is 20.1. The molecule has 0 bridgehead atoms. The van der Waals surface area contributed by atoms with E-state index in [1.807, 2.05) is 60.7 Å². The van der Waals surface area contributed by atoms with Gasteiger partial charge in [0.1, 0.15) is 12.3 Å². The molecule has 0 atom stereocenters. The van der Waals surface area contributed by atoms with Crippen LogP contribution in [0.5, 0.6) is 5.75 Å². The summed E-state index contributed by atoms with van der Waals surface area (Å²) in [4.78, 5) is 13.5. The zero-order chi connectivity index (χ0) is 24.7. The van der Waals surface area contributed by atoms with Crippen molar-refractivity contribution in [1.82, 2.24) is 5.32 Å². The standard InChI is InChI=1S/C28H26N2O4S/c1-34-25-17-11-16-24(20-25)30(35(32,33)26-18-9-4-10-19-26)21-27(31)29-28(22-12-5-2-6-13-22)23-14-7-3-8-15-23/h2-20,28H,21H2,1H3,(H,29,31). The van der Waals surface area contributed by atoms with E-state index in [0.29, 0.717) is 11.4 Å². The molecule has 0 fully saturated rings. The fourth-order valence-corrected chi connectivity index (χ4v) is 5.22. The number of carbonyl (C=O) groups is 1. The summed E-state index contributed by atoms with van der Waals surface area (Å²) in [7, 11) is -2.52. The maximum Gasteiger partial charge on any atom is 0.264 e. The lowest BCUT2D eigenvalue weighted by Gasteiger charge is -2.26. The molecule has 0 aliphatic heterocycles. The van der Waals surface area contributed by atoms with Crippen LogP contribution < -0.4 is 14.4 Å². The van der Waals surface area contributed by atoms with E-state index >= 15 is 0 Å². The molecule has 0 unspecified atom stereocenters. The molecule has 7 heteroatoms. The van der Waals surface area contributed by atoms with Gasteiger partial charge in [0.15, 0.2) is 0 Å². The Kier molecular flexibility index (Phi) is 7.48. The molecule has 35 heavy (non-hydrogen) atoms. The molecule has 4 aromatic carbocycles. The van der Waals surface area contributed by atoms with E-state index in [1.165, 1.54) is 19.2 Å². The number of methoxy groups -OCH3 is 1. The van der Waals surface area contributed by atoms with Crippen molar-refractivity contribution in [1.29, 1.82) is 0 Å². The molecule has 1 N–H and O–H groups in total. The van der Waals surface area contributed by atoms with Crippen molar-refractivity contribution >= 4 is 21.6 Å². The Morgan fingerprint density at radius 3 is 1.89 bits per heavy atom. The minimum Gasteiger partial charge on any atom is -0.497 e. The second-order valence-corrected chi connectivity index (χ2v) is 9.71. The van der Waals surface area contributed by atoms with E-state index in [2.05, 4.69) is 5.32 Å². The summed E-state index contributed by atoms with van der Waals surface area (Å²) in [6.07, 6.45) is 0. The van der Waals surface area contributed by atoms with Crippen molar-refractivity contribution < 1.29 is 17.9 Å². The molecule has 0 aromatic heterocycles.